The fourth-order valence-electron chi connectivity index (χ4n) is 4.11. The number of amides is 1. The first kappa shape index (κ1) is 21.4. The number of nitrogens with zero attached hydrogens (tertiary/aromatic N) is 3. The smallest absolute Gasteiger partial charge is 0.253 e. The molecule has 3 rings (SSSR count). The fourth-order valence-corrected chi connectivity index (χ4v) is 4.11. The molecule has 0 radical (unpaired) electrons. The lowest BCUT2D eigenvalue weighted by Crippen LogP contribution is -2.30. The molecule has 1 aliphatic rings. The van der Waals surface area contributed by atoms with Gasteiger partial charge in [-0.15, -0.1) is 0 Å². The summed E-state index contributed by atoms with van der Waals surface area (Å²) in [5.41, 5.74) is 4.49. The zero-order valence-corrected chi connectivity index (χ0v) is 18.4. The van der Waals surface area contributed by atoms with Gasteiger partial charge in [-0.1, -0.05) is 37.3 Å². The molecule has 2 aromatic rings. The monoisotopic (exact) mass is 393 g/mol. The van der Waals surface area contributed by atoms with Gasteiger partial charge in [0.1, 0.15) is 0 Å². The number of anilines is 1. The Balaban J connectivity index is 1.66. The van der Waals surface area contributed by atoms with Gasteiger partial charge in [-0.25, -0.2) is 0 Å². The zero-order valence-electron chi connectivity index (χ0n) is 18.4. The molecule has 4 heteroatoms. The van der Waals surface area contributed by atoms with E-state index in [1.165, 1.54) is 29.7 Å². The SMILES string of the molecule is CCN(Cc1ccc(C(=O)N(C)Cc2ccccc2N2CCCC2)cc1)C(C)C. The van der Waals surface area contributed by atoms with Gasteiger partial charge in [0.25, 0.3) is 5.91 Å². The van der Waals surface area contributed by atoms with Crippen LogP contribution in [0.3, 0.4) is 0 Å². The van der Waals surface area contributed by atoms with Crippen molar-refractivity contribution in [3.63, 3.8) is 0 Å². The number of rotatable bonds is 8. The molecule has 4 nitrogen and oxygen atoms in total. The number of hydrogen-bond acceptors (Lipinski definition) is 3. The first-order chi connectivity index (χ1) is 14.0. The Morgan fingerprint density at radius 2 is 1.66 bits per heavy atom. The van der Waals surface area contributed by atoms with Crippen LogP contribution < -0.4 is 4.90 Å². The summed E-state index contributed by atoms with van der Waals surface area (Å²) >= 11 is 0. The van der Waals surface area contributed by atoms with E-state index in [1.54, 1.807) is 0 Å². The highest BCUT2D eigenvalue weighted by molar-refractivity contribution is 5.94. The van der Waals surface area contributed by atoms with E-state index < -0.39 is 0 Å². The van der Waals surface area contributed by atoms with Crippen molar-refractivity contribution in [3.05, 3.63) is 65.2 Å². The molecule has 0 bridgehead atoms. The van der Waals surface area contributed by atoms with E-state index in [9.17, 15) is 4.79 Å². The average Bonchev–Trinajstić information content (AvgIpc) is 3.26. The molecule has 0 aliphatic carbocycles. The largest absolute Gasteiger partial charge is 0.371 e. The molecule has 156 valence electrons. The van der Waals surface area contributed by atoms with Gasteiger partial charge in [0.05, 0.1) is 0 Å². The van der Waals surface area contributed by atoms with Crippen molar-refractivity contribution < 1.29 is 4.79 Å². The minimum absolute atomic E-state index is 0.0731. The second kappa shape index (κ2) is 9.93. The van der Waals surface area contributed by atoms with Crippen molar-refractivity contribution in [2.45, 2.75) is 52.7 Å². The summed E-state index contributed by atoms with van der Waals surface area (Å²) in [6, 6.07) is 17.1. The molecule has 29 heavy (non-hydrogen) atoms. The molecule has 0 spiro atoms. The number of benzene rings is 2. The van der Waals surface area contributed by atoms with Crippen molar-refractivity contribution in [3.8, 4) is 0 Å². The second-order valence-electron chi connectivity index (χ2n) is 8.34. The lowest BCUT2D eigenvalue weighted by molar-refractivity contribution is 0.0785. The maximum atomic E-state index is 13.0. The van der Waals surface area contributed by atoms with Gasteiger partial charge in [0.2, 0.25) is 0 Å². The van der Waals surface area contributed by atoms with E-state index in [1.807, 2.05) is 24.1 Å². The molecular weight excluding hydrogens is 358 g/mol. The maximum absolute atomic E-state index is 13.0. The van der Waals surface area contributed by atoms with Crippen molar-refractivity contribution in [2.24, 2.45) is 0 Å². The summed E-state index contributed by atoms with van der Waals surface area (Å²) in [5.74, 6) is 0.0731. The van der Waals surface area contributed by atoms with E-state index >= 15 is 0 Å². The first-order valence-corrected chi connectivity index (χ1v) is 10.9. The van der Waals surface area contributed by atoms with Crippen LogP contribution in [0.2, 0.25) is 0 Å². The molecule has 0 aromatic heterocycles. The summed E-state index contributed by atoms with van der Waals surface area (Å²) in [7, 11) is 1.90. The van der Waals surface area contributed by atoms with Crippen LogP contribution >= 0.6 is 0 Å². The van der Waals surface area contributed by atoms with Crippen LogP contribution in [0.25, 0.3) is 0 Å². The van der Waals surface area contributed by atoms with Gasteiger partial charge in [0, 0.05) is 50.5 Å². The van der Waals surface area contributed by atoms with Crippen molar-refractivity contribution in [1.82, 2.24) is 9.80 Å². The maximum Gasteiger partial charge on any atom is 0.253 e. The van der Waals surface area contributed by atoms with Gasteiger partial charge < -0.3 is 9.80 Å². The summed E-state index contributed by atoms with van der Waals surface area (Å²) < 4.78 is 0. The molecule has 0 atom stereocenters. The second-order valence-corrected chi connectivity index (χ2v) is 8.34. The predicted molar refractivity (Wildman–Crippen MR) is 121 cm³/mol. The van der Waals surface area contributed by atoms with Crippen LogP contribution in [-0.4, -0.2) is 48.4 Å². The quantitative estimate of drug-likeness (QED) is 0.645. The van der Waals surface area contributed by atoms with Crippen LogP contribution in [0.1, 0.15) is 55.1 Å². The van der Waals surface area contributed by atoms with Gasteiger partial charge in [-0.3, -0.25) is 9.69 Å². The van der Waals surface area contributed by atoms with Gasteiger partial charge in [-0.2, -0.15) is 0 Å². The van der Waals surface area contributed by atoms with E-state index in [0.29, 0.717) is 12.6 Å². The summed E-state index contributed by atoms with van der Waals surface area (Å²) in [6.45, 7) is 11.4. The van der Waals surface area contributed by atoms with Gasteiger partial charge >= 0.3 is 0 Å². The number of carbonyl (C=O) groups excluding carboxylic acids is 1. The van der Waals surface area contributed by atoms with E-state index in [-0.39, 0.29) is 5.91 Å². The van der Waals surface area contributed by atoms with Crippen molar-refractivity contribution >= 4 is 11.6 Å². The number of hydrogen-bond donors (Lipinski definition) is 0. The predicted octanol–water partition coefficient (Wildman–Crippen LogP) is 4.79. The van der Waals surface area contributed by atoms with E-state index in [2.05, 4.69) is 67.0 Å². The third kappa shape index (κ3) is 5.39. The molecule has 1 saturated heterocycles. The van der Waals surface area contributed by atoms with Crippen LogP contribution in [0.15, 0.2) is 48.5 Å². The Hall–Kier alpha value is -2.33. The topological polar surface area (TPSA) is 26.8 Å². The summed E-state index contributed by atoms with van der Waals surface area (Å²) in [6.07, 6.45) is 2.50. The lowest BCUT2D eigenvalue weighted by Gasteiger charge is -2.25. The van der Waals surface area contributed by atoms with Crippen molar-refractivity contribution in [1.29, 1.82) is 0 Å². The highest BCUT2D eigenvalue weighted by Gasteiger charge is 2.18. The molecule has 1 amide bonds. The number of para-hydroxylation sites is 1. The highest BCUT2D eigenvalue weighted by atomic mass is 16.2. The molecule has 2 aromatic carbocycles. The van der Waals surface area contributed by atoms with E-state index in [4.69, 9.17) is 0 Å². The molecule has 1 fully saturated rings. The minimum Gasteiger partial charge on any atom is -0.371 e. The van der Waals surface area contributed by atoms with Crippen LogP contribution in [0, 0.1) is 0 Å². The van der Waals surface area contributed by atoms with Crippen LogP contribution in [0.5, 0.6) is 0 Å². The Labute approximate surface area is 176 Å². The Morgan fingerprint density at radius 3 is 2.28 bits per heavy atom. The lowest BCUT2D eigenvalue weighted by atomic mass is 10.1. The highest BCUT2D eigenvalue weighted by Crippen LogP contribution is 2.25. The van der Waals surface area contributed by atoms with E-state index in [0.717, 1.165) is 31.7 Å². The first-order valence-electron chi connectivity index (χ1n) is 10.9. The number of carbonyl (C=O) groups is 1. The molecule has 0 N–H and O–H groups in total. The Morgan fingerprint density at radius 1 is 1.00 bits per heavy atom. The molecule has 1 heterocycles. The van der Waals surface area contributed by atoms with Crippen LogP contribution in [0.4, 0.5) is 5.69 Å². The molecular formula is C25H35N3O. The molecule has 0 saturated carbocycles. The molecule has 0 unspecified atom stereocenters. The Kier molecular flexibility index (Phi) is 7.32. The Bertz CT molecular complexity index is 794. The normalized spacial score (nSPS) is 14.1. The average molecular weight is 394 g/mol. The minimum atomic E-state index is 0.0731. The third-order valence-corrected chi connectivity index (χ3v) is 5.92. The van der Waals surface area contributed by atoms with Gasteiger partial charge in [0.15, 0.2) is 0 Å². The van der Waals surface area contributed by atoms with Crippen molar-refractivity contribution in [2.75, 3.05) is 31.6 Å². The standard InChI is InChI=1S/C25H35N3O/c1-5-27(20(2)3)18-21-12-14-22(15-13-21)25(29)26(4)19-23-10-6-7-11-24(23)28-16-8-9-17-28/h6-7,10-15,20H,5,8-9,16-19H2,1-4H3. The molecule has 1 aliphatic heterocycles. The summed E-state index contributed by atoms with van der Waals surface area (Å²) in [5, 5.41) is 0. The zero-order chi connectivity index (χ0) is 20.8. The van der Waals surface area contributed by atoms with Gasteiger partial charge in [-0.05, 0) is 62.6 Å². The fraction of sp³-hybridized carbons (Fsp3) is 0.480. The summed E-state index contributed by atoms with van der Waals surface area (Å²) in [4.78, 5) is 19.7. The van der Waals surface area contributed by atoms with Crippen LogP contribution in [-0.2, 0) is 13.1 Å². The third-order valence-electron chi connectivity index (χ3n) is 5.92.